The number of rotatable bonds is 6. The highest BCUT2D eigenvalue weighted by atomic mass is 79.9. The molecule has 0 saturated carbocycles. The second-order valence-electron chi connectivity index (χ2n) is 4.07. The molecule has 0 aliphatic carbocycles. The number of nitrogens with one attached hydrogen (secondary N) is 2. The number of carbonyl (C=O) groups is 1. The fourth-order valence-electron chi connectivity index (χ4n) is 1.63. The highest BCUT2D eigenvalue weighted by Gasteiger charge is 2.11. The van der Waals surface area contributed by atoms with Crippen molar-refractivity contribution in [2.24, 2.45) is 0 Å². The standard InChI is InChI=1S/C14H13BrClN3O2S/c1-21-14-12(10(16)7-11(15)18-14)17-8-22-19-13(20)9-5-3-2-4-6-9/h2-7,17H,8H2,1H3,(H,19,20). The summed E-state index contributed by atoms with van der Waals surface area (Å²) in [5.74, 6) is 0.645. The van der Waals surface area contributed by atoms with Gasteiger partial charge in [-0.25, -0.2) is 4.98 Å². The lowest BCUT2D eigenvalue weighted by molar-refractivity contribution is 0.0984. The van der Waals surface area contributed by atoms with Crippen molar-refractivity contribution in [2.75, 3.05) is 18.3 Å². The summed E-state index contributed by atoms with van der Waals surface area (Å²) in [6.45, 7) is 0. The smallest absolute Gasteiger partial charge is 0.261 e. The Labute approximate surface area is 146 Å². The highest BCUT2D eigenvalue weighted by molar-refractivity contribution is 9.10. The number of ether oxygens (including phenoxy) is 1. The van der Waals surface area contributed by atoms with Crippen LogP contribution in [-0.2, 0) is 0 Å². The van der Waals surface area contributed by atoms with E-state index < -0.39 is 0 Å². The summed E-state index contributed by atoms with van der Waals surface area (Å²) >= 11 is 10.6. The zero-order valence-corrected chi connectivity index (χ0v) is 14.8. The van der Waals surface area contributed by atoms with Crippen LogP contribution in [0, 0.1) is 0 Å². The van der Waals surface area contributed by atoms with Crippen molar-refractivity contribution in [2.45, 2.75) is 0 Å². The van der Waals surface area contributed by atoms with Crippen LogP contribution in [0.1, 0.15) is 10.4 Å². The van der Waals surface area contributed by atoms with E-state index in [1.54, 1.807) is 18.2 Å². The number of halogens is 2. The van der Waals surface area contributed by atoms with E-state index in [1.807, 2.05) is 18.2 Å². The molecule has 1 aromatic heterocycles. The molecule has 8 heteroatoms. The summed E-state index contributed by atoms with van der Waals surface area (Å²) in [6, 6.07) is 10.7. The Bertz CT molecular complexity index is 658. The molecule has 1 heterocycles. The van der Waals surface area contributed by atoms with Gasteiger partial charge in [-0.15, -0.1) is 0 Å². The van der Waals surface area contributed by atoms with Gasteiger partial charge in [0.05, 0.1) is 18.0 Å². The number of aromatic nitrogens is 1. The normalized spacial score (nSPS) is 10.1. The highest BCUT2D eigenvalue weighted by Crippen LogP contribution is 2.33. The molecule has 0 aliphatic rings. The third-order valence-electron chi connectivity index (χ3n) is 2.62. The fraction of sp³-hybridized carbons (Fsp3) is 0.143. The number of methoxy groups -OCH3 is 1. The molecule has 2 N–H and O–H groups in total. The van der Waals surface area contributed by atoms with Crippen molar-refractivity contribution in [1.29, 1.82) is 0 Å². The Morgan fingerprint density at radius 2 is 2.14 bits per heavy atom. The molecular weight excluding hydrogens is 390 g/mol. The lowest BCUT2D eigenvalue weighted by Crippen LogP contribution is -2.18. The van der Waals surface area contributed by atoms with Gasteiger partial charge in [0.1, 0.15) is 10.3 Å². The van der Waals surface area contributed by atoms with Gasteiger partial charge >= 0.3 is 0 Å². The van der Waals surface area contributed by atoms with Gasteiger partial charge in [0.2, 0.25) is 5.88 Å². The number of nitrogens with zero attached hydrogens (tertiary/aromatic N) is 1. The third kappa shape index (κ3) is 4.53. The molecule has 0 aliphatic heterocycles. The molecule has 0 atom stereocenters. The summed E-state index contributed by atoms with van der Waals surface area (Å²) < 4.78 is 8.50. The molecule has 0 bridgehead atoms. The maximum atomic E-state index is 11.9. The minimum Gasteiger partial charge on any atom is -0.479 e. The van der Waals surface area contributed by atoms with Gasteiger partial charge < -0.3 is 10.1 Å². The Morgan fingerprint density at radius 1 is 1.41 bits per heavy atom. The van der Waals surface area contributed by atoms with Gasteiger partial charge in [-0.05, 0) is 46.1 Å². The van der Waals surface area contributed by atoms with Crippen LogP contribution in [0.25, 0.3) is 0 Å². The van der Waals surface area contributed by atoms with Crippen LogP contribution in [-0.4, -0.2) is 23.9 Å². The maximum Gasteiger partial charge on any atom is 0.261 e. The summed E-state index contributed by atoms with van der Waals surface area (Å²) in [4.78, 5) is 16.0. The first-order valence-electron chi connectivity index (χ1n) is 6.23. The minimum absolute atomic E-state index is 0.153. The topological polar surface area (TPSA) is 63.2 Å². The first-order valence-corrected chi connectivity index (χ1v) is 8.38. The van der Waals surface area contributed by atoms with E-state index in [4.69, 9.17) is 16.3 Å². The van der Waals surface area contributed by atoms with Gasteiger partial charge in [0.25, 0.3) is 5.91 Å². The number of amides is 1. The number of hydrogen-bond donors (Lipinski definition) is 2. The predicted octanol–water partition coefficient (Wildman–Crippen LogP) is 3.95. The van der Waals surface area contributed by atoms with Crippen molar-refractivity contribution >= 4 is 51.1 Å². The van der Waals surface area contributed by atoms with Crippen molar-refractivity contribution in [3.8, 4) is 5.88 Å². The molecule has 5 nitrogen and oxygen atoms in total. The molecule has 2 rings (SSSR count). The molecular formula is C14H13BrClN3O2S. The fourth-order valence-corrected chi connectivity index (χ4v) is 2.94. The molecule has 1 amide bonds. The van der Waals surface area contributed by atoms with E-state index in [9.17, 15) is 4.79 Å². The van der Waals surface area contributed by atoms with Crippen molar-refractivity contribution in [3.63, 3.8) is 0 Å². The predicted molar refractivity (Wildman–Crippen MR) is 93.5 cm³/mol. The first kappa shape index (κ1) is 16.9. The SMILES string of the molecule is COc1nc(Br)cc(Cl)c1NCSNC(=O)c1ccccc1. The van der Waals surface area contributed by atoms with Crippen LogP contribution in [0.2, 0.25) is 5.02 Å². The lowest BCUT2D eigenvalue weighted by Gasteiger charge is -2.12. The van der Waals surface area contributed by atoms with Gasteiger partial charge in [-0.2, -0.15) is 0 Å². The summed E-state index contributed by atoms with van der Waals surface area (Å²) in [5, 5.41) is 3.55. The number of benzene rings is 1. The molecule has 0 unspecified atom stereocenters. The maximum absolute atomic E-state index is 11.9. The second-order valence-corrected chi connectivity index (χ2v) is 6.07. The summed E-state index contributed by atoms with van der Waals surface area (Å²) in [7, 11) is 1.51. The second kappa shape index (κ2) is 8.26. The Kier molecular flexibility index (Phi) is 6.35. The quantitative estimate of drug-likeness (QED) is 0.331. The molecule has 0 spiro atoms. The third-order valence-corrected chi connectivity index (χ3v) is 3.94. The van der Waals surface area contributed by atoms with Crippen LogP contribution in [0.15, 0.2) is 41.0 Å². The van der Waals surface area contributed by atoms with Gasteiger partial charge in [0, 0.05) is 5.56 Å². The van der Waals surface area contributed by atoms with E-state index in [0.717, 1.165) is 0 Å². The number of anilines is 1. The molecule has 0 radical (unpaired) electrons. The zero-order valence-electron chi connectivity index (χ0n) is 11.6. The van der Waals surface area contributed by atoms with E-state index in [0.29, 0.717) is 32.6 Å². The van der Waals surface area contributed by atoms with Gasteiger partial charge in [0.15, 0.2) is 0 Å². The number of hydrogen-bond acceptors (Lipinski definition) is 5. The van der Waals surface area contributed by atoms with E-state index in [2.05, 4.69) is 31.0 Å². The minimum atomic E-state index is -0.153. The van der Waals surface area contributed by atoms with Crippen LogP contribution >= 0.6 is 39.5 Å². The molecule has 0 fully saturated rings. The molecule has 1 aromatic carbocycles. The molecule has 0 saturated heterocycles. The van der Waals surface area contributed by atoms with Crippen LogP contribution < -0.4 is 14.8 Å². The molecule has 22 heavy (non-hydrogen) atoms. The van der Waals surface area contributed by atoms with Gasteiger partial charge in [-0.3, -0.25) is 9.52 Å². The average Bonchev–Trinajstić information content (AvgIpc) is 2.53. The van der Waals surface area contributed by atoms with Crippen LogP contribution in [0.5, 0.6) is 5.88 Å². The van der Waals surface area contributed by atoms with E-state index in [-0.39, 0.29) is 5.91 Å². The van der Waals surface area contributed by atoms with Crippen molar-refractivity contribution < 1.29 is 9.53 Å². The van der Waals surface area contributed by atoms with Crippen molar-refractivity contribution in [3.05, 3.63) is 51.6 Å². The first-order chi connectivity index (χ1) is 10.6. The number of carbonyl (C=O) groups excluding carboxylic acids is 1. The van der Waals surface area contributed by atoms with Crippen LogP contribution in [0.4, 0.5) is 5.69 Å². The monoisotopic (exact) mass is 401 g/mol. The van der Waals surface area contributed by atoms with Gasteiger partial charge in [-0.1, -0.05) is 29.8 Å². The number of pyridine rings is 1. The molecule has 2 aromatic rings. The van der Waals surface area contributed by atoms with E-state index >= 15 is 0 Å². The summed E-state index contributed by atoms with van der Waals surface area (Å²) in [5.41, 5.74) is 1.18. The summed E-state index contributed by atoms with van der Waals surface area (Å²) in [6.07, 6.45) is 0. The van der Waals surface area contributed by atoms with Crippen molar-refractivity contribution in [1.82, 2.24) is 9.71 Å². The average molecular weight is 403 g/mol. The lowest BCUT2D eigenvalue weighted by atomic mass is 10.2. The zero-order chi connectivity index (χ0) is 15.9. The van der Waals surface area contributed by atoms with E-state index in [1.165, 1.54) is 19.1 Å². The Hall–Kier alpha value is -1.44. The van der Waals surface area contributed by atoms with Crippen LogP contribution in [0.3, 0.4) is 0 Å². The Morgan fingerprint density at radius 3 is 2.82 bits per heavy atom. The largest absolute Gasteiger partial charge is 0.479 e. The molecule has 116 valence electrons. The Balaban J connectivity index is 1.88.